The molecule has 8 heteroatoms. The number of carbonyl (C=O) groups excluding carboxylic acids is 1. The minimum atomic E-state index is -0.245. The molecule has 3 rings (SSSR count). The van der Waals surface area contributed by atoms with Crippen molar-refractivity contribution in [3.8, 4) is 0 Å². The number of methoxy groups -OCH3 is 1. The number of likely N-dealkylation sites (tertiary alicyclic amines) is 1. The molecule has 0 unspecified atom stereocenters. The van der Waals surface area contributed by atoms with Gasteiger partial charge in [0.25, 0.3) is 0 Å². The molecule has 3 N–H and O–H groups in total. The average Bonchev–Trinajstić information content (AvgIpc) is 3.11. The molecule has 1 amide bonds. The number of guanidine groups is 1. The Morgan fingerprint density at radius 2 is 2.11 bits per heavy atom. The Labute approximate surface area is 183 Å². The Kier molecular flexibility index (Phi) is 8.40. The summed E-state index contributed by atoms with van der Waals surface area (Å²) in [6, 6.07) is 6.70. The first-order valence-electron chi connectivity index (χ1n) is 9.48. The zero-order valence-electron chi connectivity index (χ0n) is 16.7. The number of aromatic nitrogens is 1. The number of aromatic amines is 1. The van der Waals surface area contributed by atoms with Crippen molar-refractivity contribution in [1.29, 1.82) is 0 Å². The predicted molar refractivity (Wildman–Crippen MR) is 124 cm³/mol. The second kappa shape index (κ2) is 10.5. The highest BCUT2D eigenvalue weighted by molar-refractivity contribution is 14.0. The van der Waals surface area contributed by atoms with Gasteiger partial charge < -0.3 is 25.3 Å². The van der Waals surface area contributed by atoms with Crippen LogP contribution < -0.4 is 10.6 Å². The van der Waals surface area contributed by atoms with Crippen LogP contribution in [0.1, 0.15) is 24.0 Å². The molecule has 1 aliphatic rings. The summed E-state index contributed by atoms with van der Waals surface area (Å²) in [5, 5.41) is 8.15. The molecule has 1 saturated heterocycles. The first-order valence-corrected chi connectivity index (χ1v) is 9.48. The molecule has 0 saturated carbocycles. The van der Waals surface area contributed by atoms with E-state index in [9.17, 15) is 4.79 Å². The second-order valence-corrected chi connectivity index (χ2v) is 6.94. The molecule has 28 heavy (non-hydrogen) atoms. The van der Waals surface area contributed by atoms with E-state index in [-0.39, 0.29) is 30.1 Å². The number of hydrogen-bond acceptors (Lipinski definition) is 3. The van der Waals surface area contributed by atoms with Gasteiger partial charge in [0, 0.05) is 49.8 Å². The van der Waals surface area contributed by atoms with E-state index in [0.717, 1.165) is 31.8 Å². The number of fused-ring (bicyclic) bond motifs is 1. The number of nitrogens with zero attached hydrogens (tertiary/aromatic N) is 2. The number of aryl methyl sites for hydroxylation is 1. The van der Waals surface area contributed by atoms with Gasteiger partial charge in [-0.2, -0.15) is 0 Å². The van der Waals surface area contributed by atoms with Gasteiger partial charge in [0.1, 0.15) is 0 Å². The molecule has 1 aromatic carbocycles. The van der Waals surface area contributed by atoms with Gasteiger partial charge in [0.05, 0.1) is 7.11 Å². The average molecular weight is 499 g/mol. The molecule has 2 aromatic rings. The summed E-state index contributed by atoms with van der Waals surface area (Å²) in [6.07, 6.45) is 4.54. The highest BCUT2D eigenvalue weighted by Gasteiger charge is 2.23. The maximum atomic E-state index is 11.6. The van der Waals surface area contributed by atoms with Crippen LogP contribution in [0.25, 0.3) is 10.9 Å². The lowest BCUT2D eigenvalue weighted by molar-refractivity contribution is 0.111. The van der Waals surface area contributed by atoms with Crippen molar-refractivity contribution < 1.29 is 9.53 Å². The number of aliphatic imine (C=N–C) groups is 1. The largest absolute Gasteiger partial charge is 0.453 e. The fourth-order valence-electron chi connectivity index (χ4n) is 3.61. The summed E-state index contributed by atoms with van der Waals surface area (Å²) < 4.78 is 4.78. The first-order chi connectivity index (χ1) is 13.1. The van der Waals surface area contributed by atoms with Gasteiger partial charge in [-0.25, -0.2) is 4.79 Å². The fourth-order valence-corrected chi connectivity index (χ4v) is 3.61. The van der Waals surface area contributed by atoms with Crippen molar-refractivity contribution in [2.75, 3.05) is 33.8 Å². The summed E-state index contributed by atoms with van der Waals surface area (Å²) >= 11 is 0. The topological polar surface area (TPSA) is 81.8 Å². The molecule has 1 aliphatic heterocycles. The lowest BCUT2D eigenvalue weighted by atomic mass is 10.1. The maximum absolute atomic E-state index is 11.6. The third-order valence-electron chi connectivity index (χ3n) is 5.19. The number of hydrogen-bond donors (Lipinski definition) is 3. The summed E-state index contributed by atoms with van der Waals surface area (Å²) in [5.74, 6) is 0.808. The number of rotatable bonds is 4. The Hall–Kier alpha value is -1.97. The van der Waals surface area contributed by atoms with Crippen LogP contribution in [0.15, 0.2) is 29.4 Å². The van der Waals surface area contributed by atoms with Crippen LogP contribution in [0.2, 0.25) is 0 Å². The number of para-hydroxylation sites is 1. The molecular weight excluding hydrogens is 469 g/mol. The van der Waals surface area contributed by atoms with Crippen LogP contribution in [-0.2, 0) is 11.2 Å². The second-order valence-electron chi connectivity index (χ2n) is 6.94. The van der Waals surface area contributed by atoms with Gasteiger partial charge >= 0.3 is 6.09 Å². The van der Waals surface area contributed by atoms with E-state index in [1.807, 2.05) is 0 Å². The van der Waals surface area contributed by atoms with Crippen molar-refractivity contribution in [2.24, 2.45) is 4.99 Å². The van der Waals surface area contributed by atoms with E-state index < -0.39 is 0 Å². The third-order valence-corrected chi connectivity index (χ3v) is 5.19. The molecule has 0 aliphatic carbocycles. The van der Waals surface area contributed by atoms with Gasteiger partial charge in [-0.15, -0.1) is 24.0 Å². The number of H-pyrrole nitrogens is 1. The molecule has 0 radical (unpaired) electrons. The molecule has 7 nitrogen and oxygen atoms in total. The fraction of sp³-hybridized carbons (Fsp3) is 0.500. The van der Waals surface area contributed by atoms with E-state index in [4.69, 9.17) is 4.74 Å². The molecule has 154 valence electrons. The van der Waals surface area contributed by atoms with Crippen LogP contribution in [0, 0.1) is 6.92 Å². The molecule has 1 aromatic heterocycles. The molecule has 1 fully saturated rings. The summed E-state index contributed by atoms with van der Waals surface area (Å²) in [6.45, 7) is 4.34. The summed E-state index contributed by atoms with van der Waals surface area (Å²) in [5.41, 5.74) is 3.79. The Bertz CT molecular complexity index is 812. The van der Waals surface area contributed by atoms with Gasteiger partial charge in [-0.3, -0.25) is 4.99 Å². The van der Waals surface area contributed by atoms with Crippen molar-refractivity contribution in [2.45, 2.75) is 32.2 Å². The molecular formula is C20H30IN5O2. The van der Waals surface area contributed by atoms with Crippen molar-refractivity contribution >= 4 is 46.9 Å². The zero-order chi connectivity index (χ0) is 19.2. The minimum Gasteiger partial charge on any atom is -0.453 e. The quantitative estimate of drug-likeness (QED) is 0.343. The highest BCUT2D eigenvalue weighted by Crippen LogP contribution is 2.21. The monoisotopic (exact) mass is 499 g/mol. The van der Waals surface area contributed by atoms with Crippen LogP contribution in [0.3, 0.4) is 0 Å². The highest BCUT2D eigenvalue weighted by atomic mass is 127. The number of carbonyl (C=O) groups is 1. The number of nitrogens with one attached hydrogen (secondary N) is 3. The lowest BCUT2D eigenvalue weighted by Gasteiger charge is -2.32. The van der Waals surface area contributed by atoms with Gasteiger partial charge in [-0.05, 0) is 37.3 Å². The Balaban J connectivity index is 0.00000280. The SMILES string of the molecule is CN=C(NCCc1c[nH]c2c(C)cccc12)NC1CCN(C(=O)OC)CC1.I. The van der Waals surface area contributed by atoms with Crippen molar-refractivity contribution in [3.63, 3.8) is 0 Å². The van der Waals surface area contributed by atoms with E-state index in [2.05, 4.69) is 51.9 Å². The van der Waals surface area contributed by atoms with Gasteiger partial charge in [-0.1, -0.05) is 18.2 Å². The smallest absolute Gasteiger partial charge is 0.409 e. The van der Waals surface area contributed by atoms with E-state index in [1.54, 1.807) is 11.9 Å². The molecule has 0 spiro atoms. The van der Waals surface area contributed by atoms with Crippen LogP contribution in [0.5, 0.6) is 0 Å². The third kappa shape index (κ3) is 5.30. The van der Waals surface area contributed by atoms with Crippen LogP contribution >= 0.6 is 24.0 Å². The first kappa shape index (κ1) is 22.3. The number of halogens is 1. The van der Waals surface area contributed by atoms with Crippen molar-refractivity contribution in [1.82, 2.24) is 20.5 Å². The summed E-state index contributed by atoms with van der Waals surface area (Å²) in [7, 11) is 3.21. The normalized spacial score (nSPS) is 15.2. The van der Waals surface area contributed by atoms with E-state index >= 15 is 0 Å². The zero-order valence-corrected chi connectivity index (χ0v) is 19.1. The standard InChI is InChI=1S/C20H29N5O2.HI/c1-14-5-4-6-17-15(13-23-18(14)17)7-10-22-19(21-2)24-16-8-11-25(12-9-16)20(26)27-3;/h4-6,13,16,23H,7-12H2,1-3H3,(H2,21,22,24);1H. The van der Waals surface area contributed by atoms with E-state index in [1.165, 1.54) is 29.1 Å². The number of amides is 1. The molecule has 2 heterocycles. The summed E-state index contributed by atoms with van der Waals surface area (Å²) in [4.78, 5) is 21.0. The lowest BCUT2D eigenvalue weighted by Crippen LogP contribution is -2.50. The number of piperidine rings is 1. The predicted octanol–water partition coefficient (Wildman–Crippen LogP) is 3.03. The van der Waals surface area contributed by atoms with Crippen molar-refractivity contribution in [3.05, 3.63) is 35.5 Å². The number of ether oxygens (including phenoxy) is 1. The Morgan fingerprint density at radius 1 is 1.36 bits per heavy atom. The maximum Gasteiger partial charge on any atom is 0.409 e. The minimum absolute atomic E-state index is 0. The van der Waals surface area contributed by atoms with Gasteiger partial charge in [0.15, 0.2) is 5.96 Å². The van der Waals surface area contributed by atoms with E-state index in [0.29, 0.717) is 19.1 Å². The molecule has 0 bridgehead atoms. The van der Waals surface area contributed by atoms with Crippen LogP contribution in [-0.4, -0.2) is 61.8 Å². The van der Waals surface area contributed by atoms with Gasteiger partial charge in [0.2, 0.25) is 0 Å². The molecule has 0 atom stereocenters. The number of benzene rings is 1. The Morgan fingerprint density at radius 3 is 2.79 bits per heavy atom. The van der Waals surface area contributed by atoms with Crippen LogP contribution in [0.4, 0.5) is 4.79 Å².